The lowest BCUT2D eigenvalue weighted by molar-refractivity contribution is 0.0733. The van der Waals surface area contributed by atoms with Crippen molar-refractivity contribution in [3.8, 4) is 0 Å². The van der Waals surface area contributed by atoms with E-state index in [4.69, 9.17) is 0 Å². The Labute approximate surface area is 181 Å². The predicted molar refractivity (Wildman–Crippen MR) is 121 cm³/mol. The molecule has 0 aliphatic heterocycles. The highest BCUT2D eigenvalue weighted by atomic mass is 32.1. The number of hydrogen-bond acceptors (Lipinski definition) is 5. The maximum absolute atomic E-state index is 13.3. The van der Waals surface area contributed by atoms with Crippen LogP contribution in [0.1, 0.15) is 29.8 Å². The van der Waals surface area contributed by atoms with E-state index in [-0.39, 0.29) is 11.8 Å². The summed E-state index contributed by atoms with van der Waals surface area (Å²) < 4.78 is 0. The number of carbonyl (C=O) groups is 2. The van der Waals surface area contributed by atoms with E-state index >= 15 is 0 Å². The van der Waals surface area contributed by atoms with E-state index in [1.807, 2.05) is 51.4 Å². The Balaban J connectivity index is 1.54. The highest BCUT2D eigenvalue weighted by Crippen LogP contribution is 2.21. The molecule has 29 heavy (non-hydrogen) atoms. The first kappa shape index (κ1) is 19.6. The second-order valence-electron chi connectivity index (χ2n) is 6.33. The fourth-order valence-corrected chi connectivity index (χ4v) is 4.95. The molecular formula is C22H18N2O2S3. The molecule has 3 heterocycles. The van der Waals surface area contributed by atoms with Gasteiger partial charge in [-0.25, -0.2) is 0 Å². The van der Waals surface area contributed by atoms with Gasteiger partial charge in [0.1, 0.15) is 0 Å². The topological polar surface area (TPSA) is 49.4 Å². The summed E-state index contributed by atoms with van der Waals surface area (Å²) in [6, 6.07) is 18.8. The van der Waals surface area contributed by atoms with Gasteiger partial charge in [0.25, 0.3) is 11.8 Å². The van der Waals surface area contributed by atoms with Crippen molar-refractivity contribution >= 4 is 51.5 Å². The molecule has 7 heteroatoms. The number of rotatable bonds is 7. The second kappa shape index (κ2) is 9.17. The highest BCUT2D eigenvalue weighted by molar-refractivity contribution is 7.12. The van der Waals surface area contributed by atoms with Crippen LogP contribution in [0, 0.1) is 0 Å². The van der Waals surface area contributed by atoms with Crippen molar-refractivity contribution in [2.45, 2.75) is 13.1 Å². The number of nitrogens with zero attached hydrogens (tertiary/aromatic N) is 1. The first-order valence-corrected chi connectivity index (χ1v) is 11.6. The standard InChI is InChI=1S/C22H18N2O2S3/c25-21(20-9-4-12-29-20)23-17-6-1-5-16(13-17)22(26)24(14-18-7-2-10-27-18)15-19-8-3-11-28-19/h1-13H,14-15H2,(H,23,25). The normalized spacial score (nSPS) is 10.6. The molecular weight excluding hydrogens is 420 g/mol. The summed E-state index contributed by atoms with van der Waals surface area (Å²) in [5, 5.41) is 8.77. The molecule has 0 bridgehead atoms. The van der Waals surface area contributed by atoms with Gasteiger partial charge in [-0.15, -0.1) is 34.0 Å². The van der Waals surface area contributed by atoms with Crippen LogP contribution in [0.2, 0.25) is 0 Å². The summed E-state index contributed by atoms with van der Waals surface area (Å²) in [5.41, 5.74) is 1.17. The number of hydrogen-bond donors (Lipinski definition) is 1. The Morgan fingerprint density at radius 3 is 2.03 bits per heavy atom. The monoisotopic (exact) mass is 438 g/mol. The van der Waals surface area contributed by atoms with E-state index in [0.29, 0.717) is 29.2 Å². The number of benzene rings is 1. The lowest BCUT2D eigenvalue weighted by atomic mass is 10.1. The molecule has 3 aromatic heterocycles. The van der Waals surface area contributed by atoms with Crippen LogP contribution < -0.4 is 5.32 Å². The zero-order chi connectivity index (χ0) is 20.1. The van der Waals surface area contributed by atoms with Crippen molar-refractivity contribution in [1.82, 2.24) is 4.90 Å². The Kier molecular flexibility index (Phi) is 6.19. The van der Waals surface area contributed by atoms with Crippen molar-refractivity contribution in [3.05, 3.63) is 97.0 Å². The summed E-state index contributed by atoms with van der Waals surface area (Å²) >= 11 is 4.67. The molecule has 0 unspecified atom stereocenters. The van der Waals surface area contributed by atoms with Crippen LogP contribution in [0.3, 0.4) is 0 Å². The average molecular weight is 439 g/mol. The molecule has 0 aliphatic rings. The molecule has 4 aromatic rings. The van der Waals surface area contributed by atoms with E-state index in [1.165, 1.54) is 11.3 Å². The van der Waals surface area contributed by atoms with Gasteiger partial charge in [-0.3, -0.25) is 9.59 Å². The van der Waals surface area contributed by atoms with Gasteiger partial charge in [0, 0.05) is 21.0 Å². The van der Waals surface area contributed by atoms with Crippen molar-refractivity contribution in [1.29, 1.82) is 0 Å². The van der Waals surface area contributed by atoms with Crippen LogP contribution in [0.15, 0.2) is 76.8 Å². The van der Waals surface area contributed by atoms with Crippen LogP contribution in [0.25, 0.3) is 0 Å². The highest BCUT2D eigenvalue weighted by Gasteiger charge is 2.18. The Morgan fingerprint density at radius 1 is 0.793 bits per heavy atom. The zero-order valence-corrected chi connectivity index (χ0v) is 17.9. The maximum Gasteiger partial charge on any atom is 0.265 e. The van der Waals surface area contributed by atoms with Crippen molar-refractivity contribution < 1.29 is 9.59 Å². The average Bonchev–Trinajstić information content (AvgIpc) is 3.50. The Hall–Kier alpha value is -2.74. The SMILES string of the molecule is O=C(Nc1cccc(C(=O)N(Cc2cccs2)Cc2cccs2)c1)c1cccs1. The van der Waals surface area contributed by atoms with Crippen LogP contribution in [-0.2, 0) is 13.1 Å². The fraction of sp³-hybridized carbons (Fsp3) is 0.0909. The van der Waals surface area contributed by atoms with Crippen molar-refractivity contribution in [3.63, 3.8) is 0 Å². The van der Waals surface area contributed by atoms with Crippen molar-refractivity contribution in [2.75, 3.05) is 5.32 Å². The van der Waals surface area contributed by atoms with Crippen LogP contribution in [0.5, 0.6) is 0 Å². The van der Waals surface area contributed by atoms with E-state index in [9.17, 15) is 9.59 Å². The minimum atomic E-state index is -0.168. The first-order chi connectivity index (χ1) is 14.2. The van der Waals surface area contributed by atoms with E-state index in [2.05, 4.69) is 5.32 Å². The first-order valence-electron chi connectivity index (χ1n) is 8.98. The van der Waals surface area contributed by atoms with Gasteiger partial charge in [0.2, 0.25) is 0 Å². The quantitative estimate of drug-likeness (QED) is 0.387. The van der Waals surface area contributed by atoms with Gasteiger partial charge in [0.05, 0.1) is 18.0 Å². The van der Waals surface area contributed by atoms with Gasteiger partial charge < -0.3 is 10.2 Å². The number of carbonyl (C=O) groups excluding carboxylic acids is 2. The van der Waals surface area contributed by atoms with E-state index < -0.39 is 0 Å². The third-order valence-electron chi connectivity index (χ3n) is 4.25. The smallest absolute Gasteiger partial charge is 0.265 e. The molecule has 2 amide bonds. The van der Waals surface area contributed by atoms with Gasteiger partial charge >= 0.3 is 0 Å². The van der Waals surface area contributed by atoms with E-state index in [1.54, 1.807) is 53.0 Å². The molecule has 0 saturated heterocycles. The predicted octanol–water partition coefficient (Wildman–Crippen LogP) is 5.97. The van der Waals surface area contributed by atoms with Gasteiger partial charge in [0.15, 0.2) is 0 Å². The molecule has 4 rings (SSSR count). The lowest BCUT2D eigenvalue weighted by Gasteiger charge is -2.22. The Bertz CT molecular complexity index is 1040. The fourth-order valence-electron chi connectivity index (χ4n) is 2.89. The molecule has 4 nitrogen and oxygen atoms in total. The second-order valence-corrected chi connectivity index (χ2v) is 9.34. The van der Waals surface area contributed by atoms with Crippen LogP contribution in [0.4, 0.5) is 5.69 Å². The molecule has 0 spiro atoms. The summed E-state index contributed by atoms with van der Waals surface area (Å²) in [6.45, 7) is 1.11. The van der Waals surface area contributed by atoms with Crippen LogP contribution >= 0.6 is 34.0 Å². The van der Waals surface area contributed by atoms with E-state index in [0.717, 1.165) is 9.75 Å². The van der Waals surface area contributed by atoms with Gasteiger partial charge in [-0.2, -0.15) is 0 Å². The lowest BCUT2D eigenvalue weighted by Crippen LogP contribution is -2.29. The molecule has 0 saturated carbocycles. The third kappa shape index (κ3) is 5.00. The molecule has 0 atom stereocenters. The maximum atomic E-state index is 13.3. The summed E-state index contributed by atoms with van der Waals surface area (Å²) in [4.78, 5) is 30.4. The summed E-state index contributed by atoms with van der Waals surface area (Å²) in [7, 11) is 0. The summed E-state index contributed by atoms with van der Waals surface area (Å²) in [6.07, 6.45) is 0. The molecule has 146 valence electrons. The molecule has 1 aromatic carbocycles. The minimum absolute atomic E-state index is 0.0565. The summed E-state index contributed by atoms with van der Waals surface area (Å²) in [5.74, 6) is -0.224. The molecule has 1 N–H and O–H groups in total. The minimum Gasteiger partial charge on any atom is -0.328 e. The molecule has 0 aliphatic carbocycles. The largest absolute Gasteiger partial charge is 0.328 e. The van der Waals surface area contributed by atoms with Crippen LogP contribution in [-0.4, -0.2) is 16.7 Å². The number of anilines is 1. The molecule has 0 fully saturated rings. The molecule has 0 radical (unpaired) electrons. The Morgan fingerprint density at radius 2 is 1.45 bits per heavy atom. The van der Waals surface area contributed by atoms with Crippen molar-refractivity contribution in [2.24, 2.45) is 0 Å². The van der Waals surface area contributed by atoms with Gasteiger partial charge in [-0.05, 0) is 52.5 Å². The number of nitrogens with one attached hydrogen (secondary N) is 1. The third-order valence-corrected chi connectivity index (χ3v) is 6.84. The van der Waals surface area contributed by atoms with Gasteiger partial charge in [-0.1, -0.05) is 24.3 Å². The number of thiophene rings is 3. The number of amides is 2. The zero-order valence-electron chi connectivity index (χ0n) is 15.4.